The Balaban J connectivity index is 2.76. The Morgan fingerprint density at radius 1 is 1.44 bits per heavy atom. The summed E-state index contributed by atoms with van der Waals surface area (Å²) in [6.07, 6.45) is -0.691. The normalized spacial score (nSPS) is 13.8. The molecule has 4 nitrogen and oxygen atoms in total. The van der Waals surface area contributed by atoms with Gasteiger partial charge in [0.25, 0.3) is 0 Å². The summed E-state index contributed by atoms with van der Waals surface area (Å²) in [7, 11) is 0. The first-order valence-electron chi connectivity index (χ1n) is 5.84. The predicted molar refractivity (Wildman–Crippen MR) is 70.8 cm³/mol. The monoisotopic (exact) mass is 271 g/mol. The van der Waals surface area contributed by atoms with Gasteiger partial charge in [-0.2, -0.15) is 0 Å². The maximum Gasteiger partial charge on any atom is 0.347 e. The van der Waals surface area contributed by atoms with Crippen molar-refractivity contribution in [2.45, 2.75) is 32.9 Å². The summed E-state index contributed by atoms with van der Waals surface area (Å²) in [6.45, 7) is 5.56. The number of carbonyl (C=O) groups is 1. The van der Waals surface area contributed by atoms with E-state index in [2.05, 4.69) is 0 Å². The second kappa shape index (κ2) is 6.61. The van der Waals surface area contributed by atoms with Crippen LogP contribution in [-0.4, -0.2) is 18.7 Å². The van der Waals surface area contributed by atoms with Crippen LogP contribution in [0.3, 0.4) is 0 Å². The summed E-state index contributed by atoms with van der Waals surface area (Å²) in [5.41, 5.74) is 6.66. The van der Waals surface area contributed by atoms with Gasteiger partial charge >= 0.3 is 5.97 Å². The van der Waals surface area contributed by atoms with Crippen LogP contribution in [0.4, 0.5) is 0 Å². The van der Waals surface area contributed by atoms with Gasteiger partial charge in [0, 0.05) is 6.04 Å². The fourth-order valence-corrected chi connectivity index (χ4v) is 1.63. The maximum absolute atomic E-state index is 11.4. The van der Waals surface area contributed by atoms with Gasteiger partial charge in [-0.05, 0) is 38.5 Å². The number of esters is 1. The summed E-state index contributed by atoms with van der Waals surface area (Å²) < 4.78 is 10.3. The van der Waals surface area contributed by atoms with E-state index in [1.807, 2.05) is 13.0 Å². The summed E-state index contributed by atoms with van der Waals surface area (Å²) in [4.78, 5) is 11.4. The summed E-state index contributed by atoms with van der Waals surface area (Å²) in [5, 5.41) is 0.431. The van der Waals surface area contributed by atoms with Gasteiger partial charge in [-0.15, -0.1) is 0 Å². The molecule has 0 heterocycles. The molecule has 1 aromatic carbocycles. The van der Waals surface area contributed by atoms with Crippen LogP contribution in [0.2, 0.25) is 5.02 Å². The molecular weight excluding hydrogens is 254 g/mol. The predicted octanol–water partition coefficient (Wildman–Crippen LogP) is 2.69. The Morgan fingerprint density at radius 2 is 2.11 bits per heavy atom. The minimum absolute atomic E-state index is 0.0981. The van der Waals surface area contributed by atoms with Gasteiger partial charge in [0.05, 0.1) is 11.6 Å². The lowest BCUT2D eigenvalue weighted by atomic mass is 10.1. The molecule has 0 bridgehead atoms. The number of carbonyl (C=O) groups excluding carboxylic acids is 1. The molecule has 0 fully saturated rings. The molecule has 0 aromatic heterocycles. The molecule has 1 rings (SSSR count). The van der Waals surface area contributed by atoms with E-state index in [0.29, 0.717) is 17.4 Å². The van der Waals surface area contributed by atoms with Gasteiger partial charge in [0.15, 0.2) is 6.10 Å². The molecule has 1 unspecified atom stereocenters. The van der Waals surface area contributed by atoms with Crippen LogP contribution < -0.4 is 10.5 Å². The smallest absolute Gasteiger partial charge is 0.347 e. The third-order valence-electron chi connectivity index (χ3n) is 2.40. The highest BCUT2D eigenvalue weighted by Crippen LogP contribution is 2.28. The molecule has 0 aliphatic carbocycles. The largest absolute Gasteiger partial charge is 0.477 e. The third-order valence-corrected chi connectivity index (χ3v) is 2.70. The Kier molecular flexibility index (Phi) is 5.44. The number of benzene rings is 1. The number of ether oxygens (including phenoxy) is 2. The van der Waals surface area contributed by atoms with Gasteiger partial charge in [-0.1, -0.05) is 17.7 Å². The molecule has 2 N–H and O–H groups in total. The van der Waals surface area contributed by atoms with Crippen molar-refractivity contribution in [1.29, 1.82) is 0 Å². The number of hydrogen-bond donors (Lipinski definition) is 1. The van der Waals surface area contributed by atoms with Crippen molar-refractivity contribution < 1.29 is 14.3 Å². The fourth-order valence-electron chi connectivity index (χ4n) is 1.39. The first-order chi connectivity index (χ1) is 8.45. The molecular formula is C13H18ClNO3. The second-order valence-electron chi connectivity index (χ2n) is 3.99. The zero-order chi connectivity index (χ0) is 13.7. The third kappa shape index (κ3) is 3.89. The number of nitrogens with two attached hydrogens (primary N) is 1. The highest BCUT2D eigenvalue weighted by atomic mass is 35.5. The molecule has 5 heteroatoms. The van der Waals surface area contributed by atoms with E-state index >= 15 is 0 Å². The molecule has 0 radical (unpaired) electrons. The van der Waals surface area contributed by atoms with Crippen molar-refractivity contribution in [2.24, 2.45) is 5.73 Å². The topological polar surface area (TPSA) is 61.5 Å². The standard InChI is InChI=1S/C13H18ClNO3/c1-4-17-13(16)9(3)18-12-6-5-10(8(2)15)7-11(12)14/h5-9H,4,15H2,1-3H3/t8-,9?/m1/s1. The highest BCUT2D eigenvalue weighted by Gasteiger charge is 2.17. The van der Waals surface area contributed by atoms with E-state index in [1.165, 1.54) is 0 Å². The van der Waals surface area contributed by atoms with Gasteiger partial charge in [-0.25, -0.2) is 4.79 Å². The first kappa shape index (κ1) is 14.8. The Morgan fingerprint density at radius 3 is 2.61 bits per heavy atom. The van der Waals surface area contributed by atoms with E-state index in [0.717, 1.165) is 5.56 Å². The molecule has 0 aliphatic heterocycles. The van der Waals surface area contributed by atoms with Crippen LogP contribution >= 0.6 is 11.6 Å². The molecule has 0 aliphatic rings. The lowest BCUT2D eigenvalue weighted by Gasteiger charge is -2.15. The van der Waals surface area contributed by atoms with Crippen molar-refractivity contribution >= 4 is 17.6 Å². The lowest BCUT2D eigenvalue weighted by Crippen LogP contribution is -2.26. The first-order valence-corrected chi connectivity index (χ1v) is 6.21. The number of rotatable bonds is 5. The summed E-state index contributed by atoms with van der Waals surface area (Å²) in [5.74, 6) is 0.0338. The number of hydrogen-bond acceptors (Lipinski definition) is 4. The minimum Gasteiger partial charge on any atom is -0.477 e. The minimum atomic E-state index is -0.691. The van der Waals surface area contributed by atoms with Crippen molar-refractivity contribution in [3.63, 3.8) is 0 Å². The summed E-state index contributed by atoms with van der Waals surface area (Å²) >= 11 is 6.07. The average molecular weight is 272 g/mol. The SMILES string of the molecule is CCOC(=O)C(C)Oc1ccc([C@@H](C)N)cc1Cl. The molecule has 0 amide bonds. The quantitative estimate of drug-likeness (QED) is 0.837. The second-order valence-corrected chi connectivity index (χ2v) is 4.40. The fraction of sp³-hybridized carbons (Fsp3) is 0.462. The highest BCUT2D eigenvalue weighted by molar-refractivity contribution is 6.32. The van der Waals surface area contributed by atoms with Crippen LogP contribution in [0.5, 0.6) is 5.75 Å². The maximum atomic E-state index is 11.4. The van der Waals surface area contributed by atoms with Crippen molar-refractivity contribution in [3.05, 3.63) is 28.8 Å². The molecule has 0 spiro atoms. The van der Waals surface area contributed by atoms with E-state index in [-0.39, 0.29) is 6.04 Å². The molecule has 2 atom stereocenters. The Hall–Kier alpha value is -1.26. The molecule has 0 saturated carbocycles. The van der Waals surface area contributed by atoms with Crippen LogP contribution in [0.15, 0.2) is 18.2 Å². The van der Waals surface area contributed by atoms with Gasteiger partial charge in [0.1, 0.15) is 5.75 Å². The van der Waals surface area contributed by atoms with Crippen molar-refractivity contribution in [1.82, 2.24) is 0 Å². The van der Waals surface area contributed by atoms with E-state index in [4.69, 9.17) is 26.8 Å². The van der Waals surface area contributed by atoms with E-state index in [9.17, 15) is 4.79 Å². The zero-order valence-corrected chi connectivity index (χ0v) is 11.5. The van der Waals surface area contributed by atoms with E-state index < -0.39 is 12.1 Å². The Bertz CT molecular complexity index is 421. The summed E-state index contributed by atoms with van der Waals surface area (Å²) in [6, 6.07) is 5.17. The Labute approximate surface area is 112 Å². The molecule has 0 saturated heterocycles. The molecule has 18 heavy (non-hydrogen) atoms. The van der Waals surface area contributed by atoms with Gasteiger partial charge in [0.2, 0.25) is 0 Å². The average Bonchev–Trinajstić information content (AvgIpc) is 2.31. The lowest BCUT2D eigenvalue weighted by molar-refractivity contribution is -0.150. The van der Waals surface area contributed by atoms with Gasteiger partial charge < -0.3 is 15.2 Å². The molecule has 100 valence electrons. The molecule has 1 aromatic rings. The van der Waals surface area contributed by atoms with Crippen molar-refractivity contribution in [3.8, 4) is 5.75 Å². The van der Waals surface area contributed by atoms with Crippen LogP contribution in [0.25, 0.3) is 0 Å². The van der Waals surface area contributed by atoms with Gasteiger partial charge in [-0.3, -0.25) is 0 Å². The van der Waals surface area contributed by atoms with Crippen molar-refractivity contribution in [2.75, 3.05) is 6.61 Å². The zero-order valence-electron chi connectivity index (χ0n) is 10.8. The van der Waals surface area contributed by atoms with Crippen LogP contribution in [0.1, 0.15) is 32.4 Å². The van der Waals surface area contributed by atoms with E-state index in [1.54, 1.807) is 26.0 Å². The van der Waals surface area contributed by atoms with Crippen LogP contribution in [-0.2, 0) is 9.53 Å². The number of halogens is 1. The van der Waals surface area contributed by atoms with Crippen LogP contribution in [0, 0.1) is 0 Å².